The van der Waals surface area contributed by atoms with Gasteiger partial charge < -0.3 is 10.8 Å². The molecule has 1 aromatic carbocycles. The third-order valence-electron chi connectivity index (χ3n) is 1.89. The van der Waals surface area contributed by atoms with Crippen molar-refractivity contribution in [3.8, 4) is 11.8 Å². The van der Waals surface area contributed by atoms with Crippen molar-refractivity contribution in [3.05, 3.63) is 34.9 Å². The molecular weight excluding hydrogens is 206 g/mol. The minimum Gasteiger partial charge on any atom is -0.478 e. The van der Waals surface area contributed by atoms with Crippen LogP contribution in [0.1, 0.15) is 27.9 Å². The molecule has 0 aromatic heterocycles. The molecule has 0 bridgehead atoms. The van der Waals surface area contributed by atoms with Crippen LogP contribution in [-0.4, -0.2) is 17.0 Å². The summed E-state index contributed by atoms with van der Waals surface area (Å²) in [4.78, 5) is 21.4. The number of carbonyl (C=O) groups excluding carboxylic acids is 1. The quantitative estimate of drug-likeness (QED) is 0.723. The minimum atomic E-state index is -1.04. The molecule has 0 unspecified atom stereocenters. The largest absolute Gasteiger partial charge is 0.478 e. The Labute approximate surface area is 93.1 Å². The van der Waals surface area contributed by atoms with E-state index in [4.69, 9.17) is 10.8 Å². The molecule has 0 aliphatic heterocycles. The Morgan fingerprint density at radius 1 is 1.44 bits per heavy atom. The van der Waals surface area contributed by atoms with Crippen LogP contribution >= 0.6 is 0 Å². The lowest BCUT2D eigenvalue weighted by Gasteiger charge is -2.00. The van der Waals surface area contributed by atoms with E-state index in [0.29, 0.717) is 5.56 Å². The van der Waals surface area contributed by atoms with E-state index in [1.165, 1.54) is 6.07 Å². The van der Waals surface area contributed by atoms with Crippen LogP contribution in [0.4, 0.5) is 0 Å². The summed E-state index contributed by atoms with van der Waals surface area (Å²) in [7, 11) is 0. The van der Waals surface area contributed by atoms with Crippen LogP contribution in [0.3, 0.4) is 0 Å². The summed E-state index contributed by atoms with van der Waals surface area (Å²) in [6.45, 7) is 1.80. The number of nitrogens with two attached hydrogens (primary N) is 1. The van der Waals surface area contributed by atoms with Gasteiger partial charge in [0.15, 0.2) is 0 Å². The second kappa shape index (κ2) is 4.99. The van der Waals surface area contributed by atoms with E-state index in [-0.39, 0.29) is 12.0 Å². The van der Waals surface area contributed by atoms with Crippen LogP contribution in [0.15, 0.2) is 18.2 Å². The van der Waals surface area contributed by atoms with E-state index >= 15 is 0 Å². The van der Waals surface area contributed by atoms with Gasteiger partial charge in [0.2, 0.25) is 5.91 Å². The van der Waals surface area contributed by atoms with E-state index in [1.54, 1.807) is 19.1 Å². The number of carboxylic acid groups (broad SMARTS) is 1. The average molecular weight is 217 g/mol. The Kier molecular flexibility index (Phi) is 3.67. The molecule has 1 amide bonds. The summed E-state index contributed by atoms with van der Waals surface area (Å²) in [5.41, 5.74) is 6.29. The summed E-state index contributed by atoms with van der Waals surface area (Å²) >= 11 is 0. The van der Waals surface area contributed by atoms with Gasteiger partial charge in [-0.15, -0.1) is 0 Å². The number of primary amides is 1. The lowest BCUT2D eigenvalue weighted by molar-refractivity contribution is -0.117. The van der Waals surface area contributed by atoms with Crippen LogP contribution in [-0.2, 0) is 4.79 Å². The first kappa shape index (κ1) is 11.8. The number of carbonyl (C=O) groups is 2. The van der Waals surface area contributed by atoms with Crippen LogP contribution < -0.4 is 5.73 Å². The van der Waals surface area contributed by atoms with E-state index in [2.05, 4.69) is 11.8 Å². The molecule has 0 atom stereocenters. The number of aryl methyl sites for hydroxylation is 1. The molecule has 0 saturated heterocycles. The van der Waals surface area contributed by atoms with Gasteiger partial charge in [-0.25, -0.2) is 4.79 Å². The van der Waals surface area contributed by atoms with Gasteiger partial charge in [0.05, 0.1) is 12.0 Å². The molecule has 82 valence electrons. The maximum absolute atomic E-state index is 10.9. The van der Waals surface area contributed by atoms with Gasteiger partial charge in [-0.1, -0.05) is 23.5 Å². The maximum Gasteiger partial charge on any atom is 0.336 e. The number of hydrogen-bond acceptors (Lipinski definition) is 2. The van der Waals surface area contributed by atoms with Crippen molar-refractivity contribution in [2.45, 2.75) is 13.3 Å². The Balaban J connectivity index is 3.07. The molecule has 4 heteroatoms. The molecule has 3 N–H and O–H groups in total. The van der Waals surface area contributed by atoms with Gasteiger partial charge in [-0.05, 0) is 19.1 Å². The smallest absolute Gasteiger partial charge is 0.336 e. The number of benzene rings is 1. The van der Waals surface area contributed by atoms with Gasteiger partial charge >= 0.3 is 5.97 Å². The van der Waals surface area contributed by atoms with E-state index in [9.17, 15) is 9.59 Å². The summed E-state index contributed by atoms with van der Waals surface area (Å²) in [6.07, 6.45) is -0.0765. The van der Waals surface area contributed by atoms with Crippen molar-refractivity contribution in [3.63, 3.8) is 0 Å². The Hall–Kier alpha value is -2.28. The predicted octanol–water partition coefficient (Wildman–Crippen LogP) is 0.920. The van der Waals surface area contributed by atoms with Crippen molar-refractivity contribution in [2.75, 3.05) is 0 Å². The minimum absolute atomic E-state index is 0.0765. The summed E-state index contributed by atoms with van der Waals surface area (Å²) in [5, 5.41) is 8.94. The normalized spacial score (nSPS) is 9.06. The molecule has 0 aliphatic rings. The predicted molar refractivity (Wildman–Crippen MR) is 58.8 cm³/mol. The lowest BCUT2D eigenvalue weighted by Crippen LogP contribution is -2.08. The first-order chi connectivity index (χ1) is 7.50. The fourth-order valence-corrected chi connectivity index (χ4v) is 1.17. The Morgan fingerprint density at radius 2 is 2.12 bits per heavy atom. The fourth-order valence-electron chi connectivity index (χ4n) is 1.17. The van der Waals surface area contributed by atoms with Crippen LogP contribution in [0.2, 0.25) is 0 Å². The molecule has 0 heterocycles. The van der Waals surface area contributed by atoms with Gasteiger partial charge in [-0.3, -0.25) is 4.79 Å². The van der Waals surface area contributed by atoms with E-state index in [1.807, 2.05) is 0 Å². The summed E-state index contributed by atoms with van der Waals surface area (Å²) in [6, 6.07) is 4.92. The average Bonchev–Trinajstić information content (AvgIpc) is 2.19. The van der Waals surface area contributed by atoms with Crippen molar-refractivity contribution < 1.29 is 14.7 Å². The van der Waals surface area contributed by atoms with Crippen molar-refractivity contribution in [1.82, 2.24) is 0 Å². The standard InChI is InChI=1S/C12H11NO3/c1-8-5-6-9(3-2-4-11(13)14)10(7-8)12(15)16/h5-7H,4H2,1H3,(H2,13,14)(H,15,16). The highest BCUT2D eigenvalue weighted by Gasteiger charge is 2.07. The van der Waals surface area contributed by atoms with E-state index in [0.717, 1.165) is 5.56 Å². The zero-order valence-electron chi connectivity index (χ0n) is 8.78. The van der Waals surface area contributed by atoms with Gasteiger partial charge in [-0.2, -0.15) is 0 Å². The van der Waals surface area contributed by atoms with Crippen molar-refractivity contribution >= 4 is 11.9 Å². The second-order valence-electron chi connectivity index (χ2n) is 3.30. The van der Waals surface area contributed by atoms with Gasteiger partial charge in [0, 0.05) is 5.56 Å². The summed E-state index contributed by atoms with van der Waals surface area (Å²) in [5.74, 6) is 3.58. The Bertz CT molecular complexity index is 495. The molecule has 0 fully saturated rings. The van der Waals surface area contributed by atoms with Crippen LogP contribution in [0, 0.1) is 18.8 Å². The van der Waals surface area contributed by atoms with Crippen molar-refractivity contribution in [1.29, 1.82) is 0 Å². The Morgan fingerprint density at radius 3 is 2.69 bits per heavy atom. The topological polar surface area (TPSA) is 80.4 Å². The summed E-state index contributed by atoms with van der Waals surface area (Å²) < 4.78 is 0. The zero-order chi connectivity index (χ0) is 12.1. The van der Waals surface area contributed by atoms with E-state index < -0.39 is 11.9 Å². The molecule has 16 heavy (non-hydrogen) atoms. The van der Waals surface area contributed by atoms with Crippen molar-refractivity contribution in [2.24, 2.45) is 5.73 Å². The number of hydrogen-bond donors (Lipinski definition) is 2. The fraction of sp³-hybridized carbons (Fsp3) is 0.167. The molecule has 0 radical (unpaired) electrons. The SMILES string of the molecule is Cc1ccc(C#CCC(N)=O)c(C(=O)O)c1. The molecule has 0 aliphatic carbocycles. The van der Waals surface area contributed by atoms with Gasteiger partial charge in [0.1, 0.15) is 0 Å². The highest BCUT2D eigenvalue weighted by Crippen LogP contribution is 2.10. The molecule has 0 spiro atoms. The van der Waals surface area contributed by atoms with Gasteiger partial charge in [0.25, 0.3) is 0 Å². The third kappa shape index (κ3) is 3.14. The third-order valence-corrected chi connectivity index (χ3v) is 1.89. The molecular formula is C12H11NO3. The van der Waals surface area contributed by atoms with Crippen LogP contribution in [0.5, 0.6) is 0 Å². The molecule has 4 nitrogen and oxygen atoms in total. The zero-order valence-corrected chi connectivity index (χ0v) is 8.78. The molecule has 0 saturated carbocycles. The maximum atomic E-state index is 10.9. The lowest BCUT2D eigenvalue weighted by atomic mass is 10.0. The van der Waals surface area contributed by atoms with Crippen LogP contribution in [0.25, 0.3) is 0 Å². The first-order valence-corrected chi connectivity index (χ1v) is 4.62. The molecule has 1 rings (SSSR count). The monoisotopic (exact) mass is 217 g/mol. The molecule has 1 aromatic rings. The highest BCUT2D eigenvalue weighted by molar-refractivity contribution is 5.91. The number of carboxylic acids is 1. The first-order valence-electron chi connectivity index (χ1n) is 4.62. The number of rotatable bonds is 2. The second-order valence-corrected chi connectivity index (χ2v) is 3.30. The number of amides is 1. The highest BCUT2D eigenvalue weighted by atomic mass is 16.4. The number of aromatic carboxylic acids is 1.